The highest BCUT2D eigenvalue weighted by Gasteiger charge is 2.13. The monoisotopic (exact) mass is 370 g/mol. The van der Waals surface area contributed by atoms with Gasteiger partial charge >= 0.3 is 0 Å². The zero-order chi connectivity index (χ0) is 19.2. The number of para-hydroxylation sites is 2. The van der Waals surface area contributed by atoms with Gasteiger partial charge in [0.1, 0.15) is 28.8 Å². The maximum absolute atomic E-state index is 13.7. The van der Waals surface area contributed by atoms with Crippen LogP contribution in [0.25, 0.3) is 0 Å². The fraction of sp³-hybridized carbons (Fsp3) is 0.105. The van der Waals surface area contributed by atoms with Crippen molar-refractivity contribution in [3.05, 3.63) is 77.6 Å². The number of ether oxygens (including phenoxy) is 1. The van der Waals surface area contributed by atoms with E-state index in [2.05, 4.69) is 20.6 Å². The number of hydrogen-bond donors (Lipinski definition) is 2. The van der Waals surface area contributed by atoms with E-state index >= 15 is 0 Å². The molecule has 27 heavy (non-hydrogen) atoms. The third-order valence-corrected chi connectivity index (χ3v) is 3.72. The molecule has 8 heteroatoms. The van der Waals surface area contributed by atoms with Gasteiger partial charge in [0.05, 0.1) is 7.11 Å². The number of anilines is 2. The lowest BCUT2D eigenvalue weighted by Gasteiger charge is -2.10. The lowest BCUT2D eigenvalue weighted by Crippen LogP contribution is -2.24. The predicted octanol–water partition coefficient (Wildman–Crippen LogP) is 3.44. The van der Waals surface area contributed by atoms with Gasteiger partial charge in [-0.3, -0.25) is 4.79 Å². The normalized spacial score (nSPS) is 10.3. The molecule has 3 rings (SSSR count). The van der Waals surface area contributed by atoms with E-state index in [1.807, 2.05) is 18.2 Å². The molecule has 0 aliphatic rings. The molecular formula is C19H16F2N4O2. The topological polar surface area (TPSA) is 76.1 Å². The summed E-state index contributed by atoms with van der Waals surface area (Å²) in [5, 5.41) is 5.17. The molecule has 2 N–H and O–H groups in total. The lowest BCUT2D eigenvalue weighted by molar-refractivity contribution is 0.0945. The molecule has 0 unspecified atom stereocenters. The molecule has 0 spiro atoms. The van der Waals surface area contributed by atoms with Crippen LogP contribution in [0, 0.1) is 11.6 Å². The minimum atomic E-state index is -0.787. The number of nitrogens with one attached hydrogen (secondary N) is 2. The smallest absolute Gasteiger partial charge is 0.270 e. The van der Waals surface area contributed by atoms with Crippen LogP contribution in [-0.2, 0) is 6.54 Å². The van der Waals surface area contributed by atoms with Gasteiger partial charge in [-0.2, -0.15) is 0 Å². The first-order valence-corrected chi connectivity index (χ1v) is 8.02. The summed E-state index contributed by atoms with van der Waals surface area (Å²) in [5.74, 6) is -1.48. The maximum atomic E-state index is 13.7. The van der Waals surface area contributed by atoms with E-state index in [-0.39, 0.29) is 23.9 Å². The number of methoxy groups -OCH3 is 1. The van der Waals surface area contributed by atoms with Gasteiger partial charge < -0.3 is 15.4 Å². The molecule has 0 atom stereocenters. The molecule has 0 fully saturated rings. The molecule has 6 nitrogen and oxygen atoms in total. The summed E-state index contributed by atoms with van der Waals surface area (Å²) in [5.41, 5.74) is 0.470. The van der Waals surface area contributed by atoms with Gasteiger partial charge in [0.25, 0.3) is 5.91 Å². The first-order chi connectivity index (χ1) is 13.1. The Morgan fingerprint density at radius 1 is 1.07 bits per heavy atom. The minimum absolute atomic E-state index is 0.0548. The Morgan fingerprint density at radius 2 is 1.81 bits per heavy atom. The van der Waals surface area contributed by atoms with Crippen LogP contribution in [0.5, 0.6) is 5.75 Å². The molecule has 0 saturated heterocycles. The molecule has 0 radical (unpaired) electrons. The van der Waals surface area contributed by atoms with Gasteiger partial charge in [-0.15, -0.1) is 0 Å². The molecule has 0 aliphatic heterocycles. The van der Waals surface area contributed by atoms with Crippen molar-refractivity contribution in [1.82, 2.24) is 15.3 Å². The average molecular weight is 370 g/mol. The van der Waals surface area contributed by atoms with Crippen LogP contribution in [0.15, 0.2) is 54.7 Å². The number of benzene rings is 2. The summed E-state index contributed by atoms with van der Waals surface area (Å²) in [6.45, 7) is 0.234. The largest absolute Gasteiger partial charge is 0.496 e. The Hall–Kier alpha value is -3.55. The van der Waals surface area contributed by atoms with E-state index in [1.54, 1.807) is 13.2 Å². The molecule has 2 aromatic carbocycles. The van der Waals surface area contributed by atoms with Crippen LogP contribution in [-0.4, -0.2) is 23.0 Å². The summed E-state index contributed by atoms with van der Waals surface area (Å²) in [4.78, 5) is 20.2. The predicted molar refractivity (Wildman–Crippen MR) is 95.8 cm³/mol. The van der Waals surface area contributed by atoms with Crippen molar-refractivity contribution in [3.63, 3.8) is 0 Å². The van der Waals surface area contributed by atoms with Gasteiger partial charge in [0, 0.05) is 18.3 Å². The van der Waals surface area contributed by atoms with Gasteiger partial charge in [-0.1, -0.05) is 24.3 Å². The van der Waals surface area contributed by atoms with Crippen molar-refractivity contribution in [2.24, 2.45) is 0 Å². The van der Waals surface area contributed by atoms with E-state index < -0.39 is 17.5 Å². The van der Waals surface area contributed by atoms with Crippen molar-refractivity contribution in [2.75, 3.05) is 12.4 Å². The second-order valence-electron chi connectivity index (χ2n) is 5.48. The van der Waals surface area contributed by atoms with Crippen LogP contribution >= 0.6 is 0 Å². The highest BCUT2D eigenvalue weighted by atomic mass is 19.1. The third-order valence-electron chi connectivity index (χ3n) is 3.72. The number of carbonyl (C=O) groups is 1. The van der Waals surface area contributed by atoms with Gasteiger partial charge in [0.2, 0.25) is 5.95 Å². The molecule has 1 heterocycles. The van der Waals surface area contributed by atoms with Crippen molar-refractivity contribution in [1.29, 1.82) is 0 Å². The molecule has 1 amide bonds. The standard InChI is InChI=1S/C19H16F2N4O2/c1-27-16-8-3-2-5-12(16)11-23-18(26)15-9-10-22-19(24-15)25-17-13(20)6-4-7-14(17)21/h2-10H,11H2,1H3,(H,23,26)(H,22,24,25). The SMILES string of the molecule is COc1ccccc1CNC(=O)c1ccnc(Nc2c(F)cccc2F)n1. The molecule has 0 bridgehead atoms. The fourth-order valence-corrected chi connectivity index (χ4v) is 2.39. The number of hydrogen-bond acceptors (Lipinski definition) is 5. The quantitative estimate of drug-likeness (QED) is 0.695. The second-order valence-corrected chi connectivity index (χ2v) is 5.48. The highest BCUT2D eigenvalue weighted by Crippen LogP contribution is 2.21. The van der Waals surface area contributed by atoms with Crippen LogP contribution in [0.2, 0.25) is 0 Å². The van der Waals surface area contributed by atoms with Gasteiger partial charge in [0.15, 0.2) is 0 Å². The molecule has 0 aliphatic carbocycles. The number of carbonyl (C=O) groups excluding carboxylic acids is 1. The highest BCUT2D eigenvalue weighted by molar-refractivity contribution is 5.92. The maximum Gasteiger partial charge on any atom is 0.270 e. The van der Waals surface area contributed by atoms with Gasteiger partial charge in [-0.25, -0.2) is 18.7 Å². The third kappa shape index (κ3) is 4.35. The van der Waals surface area contributed by atoms with Crippen LogP contribution in [0.1, 0.15) is 16.1 Å². The van der Waals surface area contributed by atoms with Crippen molar-refractivity contribution in [2.45, 2.75) is 6.54 Å². The Kier molecular flexibility index (Phi) is 5.55. The van der Waals surface area contributed by atoms with E-state index in [0.717, 1.165) is 17.7 Å². The summed E-state index contributed by atoms with van der Waals surface area (Å²) in [6, 6.07) is 12.1. The number of aromatic nitrogens is 2. The summed E-state index contributed by atoms with van der Waals surface area (Å²) < 4.78 is 32.7. The summed E-state index contributed by atoms with van der Waals surface area (Å²) in [6.07, 6.45) is 1.33. The summed E-state index contributed by atoms with van der Waals surface area (Å²) >= 11 is 0. The number of halogens is 2. The number of rotatable bonds is 6. The Labute approximate surface area is 154 Å². The zero-order valence-corrected chi connectivity index (χ0v) is 14.4. The molecular weight excluding hydrogens is 354 g/mol. The number of amides is 1. The Bertz CT molecular complexity index is 946. The average Bonchev–Trinajstić information content (AvgIpc) is 2.69. The number of nitrogens with zero attached hydrogens (tertiary/aromatic N) is 2. The van der Waals surface area contributed by atoms with E-state index in [1.165, 1.54) is 18.3 Å². The molecule has 3 aromatic rings. The minimum Gasteiger partial charge on any atom is -0.496 e. The van der Waals surface area contributed by atoms with Crippen molar-refractivity contribution >= 4 is 17.5 Å². The Morgan fingerprint density at radius 3 is 2.56 bits per heavy atom. The molecule has 1 aromatic heterocycles. The first kappa shape index (κ1) is 18.2. The molecule has 138 valence electrons. The Balaban J connectivity index is 1.72. The first-order valence-electron chi connectivity index (χ1n) is 8.02. The second kappa shape index (κ2) is 8.22. The van der Waals surface area contributed by atoms with E-state index in [0.29, 0.717) is 5.75 Å². The molecule has 0 saturated carbocycles. The van der Waals surface area contributed by atoms with Crippen LogP contribution < -0.4 is 15.4 Å². The zero-order valence-electron chi connectivity index (χ0n) is 14.4. The van der Waals surface area contributed by atoms with Crippen molar-refractivity contribution in [3.8, 4) is 5.75 Å². The van der Waals surface area contributed by atoms with Crippen LogP contribution in [0.3, 0.4) is 0 Å². The fourth-order valence-electron chi connectivity index (χ4n) is 2.39. The van der Waals surface area contributed by atoms with Gasteiger partial charge in [-0.05, 0) is 24.3 Å². The van der Waals surface area contributed by atoms with E-state index in [4.69, 9.17) is 4.74 Å². The van der Waals surface area contributed by atoms with Crippen LogP contribution in [0.4, 0.5) is 20.4 Å². The van der Waals surface area contributed by atoms with E-state index in [9.17, 15) is 13.6 Å². The van der Waals surface area contributed by atoms with Crippen molar-refractivity contribution < 1.29 is 18.3 Å². The summed E-state index contributed by atoms with van der Waals surface area (Å²) in [7, 11) is 1.55. The lowest BCUT2D eigenvalue weighted by atomic mass is 10.2.